The second-order valence-corrected chi connectivity index (χ2v) is 9.15. The maximum absolute atomic E-state index is 13.8. The van der Waals surface area contributed by atoms with Crippen LogP contribution in [0.5, 0.6) is 5.75 Å². The Morgan fingerprint density at radius 1 is 1.09 bits per heavy atom. The summed E-state index contributed by atoms with van der Waals surface area (Å²) >= 11 is 6.13. The van der Waals surface area contributed by atoms with E-state index >= 15 is 0 Å². The zero-order valence-electron chi connectivity index (χ0n) is 17.4. The molecule has 0 aromatic heterocycles. The smallest absolute Gasteiger partial charge is 0.245 e. The molecule has 9 heteroatoms. The van der Waals surface area contributed by atoms with E-state index in [1.165, 1.54) is 13.2 Å². The fourth-order valence-electron chi connectivity index (χ4n) is 3.11. The minimum absolute atomic E-state index is 0.0385. The minimum Gasteiger partial charge on any atom is -0.495 e. The molecule has 0 aliphatic carbocycles. The number of carbonyl (C=O) groups excluding carboxylic acids is 1. The van der Waals surface area contributed by atoms with Gasteiger partial charge < -0.3 is 10.1 Å². The van der Waals surface area contributed by atoms with Crippen molar-refractivity contribution in [3.05, 3.63) is 88.7 Å². The van der Waals surface area contributed by atoms with Gasteiger partial charge in [-0.2, -0.15) is 4.72 Å². The molecule has 0 fully saturated rings. The lowest BCUT2D eigenvalue weighted by atomic mass is 10.1. The van der Waals surface area contributed by atoms with Crippen LogP contribution in [0.15, 0.2) is 71.6 Å². The van der Waals surface area contributed by atoms with Gasteiger partial charge in [-0.25, -0.2) is 12.8 Å². The molecule has 3 aromatic carbocycles. The number of methoxy groups -OCH3 is 1. The van der Waals surface area contributed by atoms with E-state index in [4.69, 9.17) is 16.3 Å². The second-order valence-electron chi connectivity index (χ2n) is 7.06. The highest BCUT2D eigenvalue weighted by Crippen LogP contribution is 2.26. The quantitative estimate of drug-likeness (QED) is 0.507. The van der Waals surface area contributed by atoms with Crippen molar-refractivity contribution in [1.82, 2.24) is 4.72 Å². The summed E-state index contributed by atoms with van der Waals surface area (Å²) in [6, 6.07) is 16.0. The maximum Gasteiger partial charge on any atom is 0.245 e. The summed E-state index contributed by atoms with van der Waals surface area (Å²) in [6.07, 6.45) is 0.0726. The molecule has 0 aliphatic heterocycles. The fraction of sp³-hybridized carbons (Fsp3) is 0.174. The Morgan fingerprint density at radius 3 is 2.50 bits per heavy atom. The van der Waals surface area contributed by atoms with E-state index in [0.717, 1.165) is 17.7 Å². The summed E-state index contributed by atoms with van der Waals surface area (Å²) in [5, 5.41) is 3.20. The molecule has 0 radical (unpaired) electrons. The van der Waals surface area contributed by atoms with Gasteiger partial charge in [0.25, 0.3) is 0 Å². The summed E-state index contributed by atoms with van der Waals surface area (Å²) in [5.41, 5.74) is 1.85. The lowest BCUT2D eigenvalue weighted by molar-refractivity contribution is -0.117. The topological polar surface area (TPSA) is 84.5 Å². The third kappa shape index (κ3) is 5.64. The van der Waals surface area contributed by atoms with Crippen LogP contribution in [-0.4, -0.2) is 27.5 Å². The number of sulfonamides is 1. The molecule has 1 atom stereocenters. The first-order valence-electron chi connectivity index (χ1n) is 9.67. The number of benzene rings is 3. The van der Waals surface area contributed by atoms with E-state index < -0.39 is 32.7 Å². The van der Waals surface area contributed by atoms with Crippen LogP contribution in [-0.2, 0) is 21.2 Å². The average molecular weight is 477 g/mol. The Kier molecular flexibility index (Phi) is 7.50. The Morgan fingerprint density at radius 2 is 1.81 bits per heavy atom. The number of halogens is 2. The molecule has 0 saturated heterocycles. The molecule has 0 spiro atoms. The number of anilines is 1. The minimum atomic E-state index is -4.30. The number of hydrogen-bond acceptors (Lipinski definition) is 4. The van der Waals surface area contributed by atoms with Crippen molar-refractivity contribution >= 4 is 33.2 Å². The van der Waals surface area contributed by atoms with Gasteiger partial charge in [0.2, 0.25) is 15.9 Å². The van der Waals surface area contributed by atoms with Crippen LogP contribution in [0.4, 0.5) is 10.1 Å². The first kappa shape index (κ1) is 23.7. The molecule has 168 valence electrons. The fourth-order valence-corrected chi connectivity index (χ4v) is 4.66. The van der Waals surface area contributed by atoms with E-state index in [1.54, 1.807) is 49.4 Å². The van der Waals surface area contributed by atoms with E-state index in [1.807, 2.05) is 6.07 Å². The Hall–Kier alpha value is -2.94. The van der Waals surface area contributed by atoms with Gasteiger partial charge in [0.15, 0.2) is 0 Å². The highest BCUT2D eigenvalue weighted by atomic mass is 35.5. The van der Waals surface area contributed by atoms with Gasteiger partial charge in [-0.3, -0.25) is 4.79 Å². The molecule has 2 N–H and O–H groups in total. The Labute approximate surface area is 191 Å². The van der Waals surface area contributed by atoms with Crippen molar-refractivity contribution in [3.8, 4) is 5.75 Å². The molecule has 3 rings (SSSR count). The Balaban J connectivity index is 1.95. The van der Waals surface area contributed by atoms with Crippen molar-refractivity contribution in [1.29, 1.82) is 0 Å². The van der Waals surface area contributed by atoms with E-state index in [9.17, 15) is 17.6 Å². The number of amides is 1. The molecular formula is C23H22ClFN2O4S. The summed E-state index contributed by atoms with van der Waals surface area (Å²) in [6.45, 7) is 1.74. The van der Waals surface area contributed by atoms with Gasteiger partial charge in [0.1, 0.15) is 22.5 Å². The van der Waals surface area contributed by atoms with Crippen molar-refractivity contribution in [2.45, 2.75) is 24.3 Å². The van der Waals surface area contributed by atoms with Crippen LogP contribution >= 0.6 is 11.6 Å². The van der Waals surface area contributed by atoms with Crippen molar-refractivity contribution in [3.63, 3.8) is 0 Å². The number of ether oxygens (including phenoxy) is 1. The number of nitrogens with one attached hydrogen (secondary N) is 2. The monoisotopic (exact) mass is 476 g/mol. The summed E-state index contributed by atoms with van der Waals surface area (Å²) < 4.78 is 47.4. The molecular weight excluding hydrogens is 455 g/mol. The van der Waals surface area contributed by atoms with E-state index in [0.29, 0.717) is 16.3 Å². The highest BCUT2D eigenvalue weighted by Gasteiger charge is 2.29. The van der Waals surface area contributed by atoms with Gasteiger partial charge >= 0.3 is 0 Å². The summed E-state index contributed by atoms with van der Waals surface area (Å²) in [4.78, 5) is 12.7. The largest absolute Gasteiger partial charge is 0.495 e. The van der Waals surface area contributed by atoms with Gasteiger partial charge in [0, 0.05) is 10.7 Å². The SMILES string of the molecule is COc1ccc(F)cc1S(=O)(=O)NC(Cc1ccccc1)C(=O)Nc1cccc(Cl)c1C. The van der Waals surface area contributed by atoms with Crippen LogP contribution < -0.4 is 14.8 Å². The molecule has 1 unspecified atom stereocenters. The molecule has 0 aliphatic rings. The van der Waals surface area contributed by atoms with Crippen LogP contribution in [0, 0.1) is 12.7 Å². The van der Waals surface area contributed by atoms with Crippen LogP contribution in [0.3, 0.4) is 0 Å². The predicted octanol–water partition coefficient (Wildman–Crippen LogP) is 4.32. The normalized spacial score (nSPS) is 12.2. The van der Waals surface area contributed by atoms with Crippen molar-refractivity contribution in [2.24, 2.45) is 0 Å². The molecule has 1 amide bonds. The zero-order chi connectivity index (χ0) is 23.3. The van der Waals surface area contributed by atoms with Crippen LogP contribution in [0.25, 0.3) is 0 Å². The van der Waals surface area contributed by atoms with Crippen LogP contribution in [0.2, 0.25) is 5.02 Å². The van der Waals surface area contributed by atoms with Gasteiger partial charge in [0.05, 0.1) is 7.11 Å². The molecule has 0 saturated carbocycles. The first-order chi connectivity index (χ1) is 15.2. The lowest BCUT2D eigenvalue weighted by Gasteiger charge is -2.20. The van der Waals surface area contributed by atoms with Gasteiger partial charge in [-0.1, -0.05) is 48.0 Å². The van der Waals surface area contributed by atoms with E-state index in [-0.39, 0.29) is 12.2 Å². The van der Waals surface area contributed by atoms with Gasteiger partial charge in [-0.15, -0.1) is 0 Å². The highest BCUT2D eigenvalue weighted by molar-refractivity contribution is 7.89. The molecule has 6 nitrogen and oxygen atoms in total. The third-order valence-electron chi connectivity index (χ3n) is 4.84. The standard InChI is InChI=1S/C23H22ClFN2O4S/c1-15-18(24)9-6-10-19(15)26-23(28)20(13-16-7-4-3-5-8-16)27-32(29,30)22-14-17(25)11-12-21(22)31-2/h3-12,14,20,27H,13H2,1-2H3,(H,26,28). The number of rotatable bonds is 8. The summed E-state index contributed by atoms with van der Waals surface area (Å²) in [5.74, 6) is -1.37. The average Bonchev–Trinajstić information content (AvgIpc) is 2.77. The maximum atomic E-state index is 13.8. The Bertz CT molecular complexity index is 1220. The molecule has 0 bridgehead atoms. The number of carbonyl (C=O) groups is 1. The van der Waals surface area contributed by atoms with Crippen LogP contribution in [0.1, 0.15) is 11.1 Å². The predicted molar refractivity (Wildman–Crippen MR) is 122 cm³/mol. The summed E-state index contributed by atoms with van der Waals surface area (Å²) in [7, 11) is -3.02. The lowest BCUT2D eigenvalue weighted by Crippen LogP contribution is -2.45. The first-order valence-corrected chi connectivity index (χ1v) is 11.5. The van der Waals surface area contributed by atoms with E-state index in [2.05, 4.69) is 10.0 Å². The number of hydrogen-bond donors (Lipinski definition) is 2. The molecule has 3 aromatic rings. The second kappa shape index (κ2) is 10.1. The third-order valence-corrected chi connectivity index (χ3v) is 6.74. The molecule has 32 heavy (non-hydrogen) atoms. The zero-order valence-corrected chi connectivity index (χ0v) is 19.0. The van der Waals surface area contributed by atoms with Gasteiger partial charge in [-0.05, 0) is 54.8 Å². The van der Waals surface area contributed by atoms with Crippen molar-refractivity contribution < 1.29 is 22.3 Å². The molecule has 0 heterocycles. The van der Waals surface area contributed by atoms with Crippen molar-refractivity contribution in [2.75, 3.05) is 12.4 Å².